The minimum Gasteiger partial charge on any atom is -0.459 e. The first kappa shape index (κ1) is 16.9. The Hall–Kier alpha value is -1.95. The number of hydrogen-bond donors (Lipinski definition) is 0. The van der Waals surface area contributed by atoms with Crippen molar-refractivity contribution in [2.45, 2.75) is 45.3 Å². The summed E-state index contributed by atoms with van der Waals surface area (Å²) >= 11 is 6.12. The number of benzene rings is 1. The molecule has 0 spiro atoms. The molecule has 1 atom stereocenters. The highest BCUT2D eigenvalue weighted by molar-refractivity contribution is 6.32. The van der Waals surface area contributed by atoms with Crippen LogP contribution in [0.2, 0.25) is 5.02 Å². The first-order valence-corrected chi connectivity index (χ1v) is 8.52. The SMILES string of the molecule is CCCC(=O)N1CCC[C@H]1C(=O)OCc1cc(Cl)c2c(c1)OCO2. The van der Waals surface area contributed by atoms with Gasteiger partial charge in [-0.3, -0.25) is 4.79 Å². The molecule has 130 valence electrons. The molecule has 2 aliphatic rings. The molecular weight excluding hydrogens is 334 g/mol. The van der Waals surface area contributed by atoms with Gasteiger partial charge in [0.25, 0.3) is 0 Å². The highest BCUT2D eigenvalue weighted by atomic mass is 35.5. The number of esters is 1. The van der Waals surface area contributed by atoms with Crippen LogP contribution in [0.5, 0.6) is 11.5 Å². The number of halogens is 1. The van der Waals surface area contributed by atoms with Crippen molar-refractivity contribution in [3.8, 4) is 11.5 Å². The second-order valence-corrected chi connectivity index (χ2v) is 6.32. The number of nitrogens with zero attached hydrogens (tertiary/aromatic N) is 1. The summed E-state index contributed by atoms with van der Waals surface area (Å²) in [7, 11) is 0. The summed E-state index contributed by atoms with van der Waals surface area (Å²) in [5.41, 5.74) is 0.724. The van der Waals surface area contributed by atoms with Crippen molar-refractivity contribution >= 4 is 23.5 Å². The quantitative estimate of drug-likeness (QED) is 0.761. The number of fused-ring (bicyclic) bond motifs is 1. The van der Waals surface area contributed by atoms with E-state index in [-0.39, 0.29) is 25.3 Å². The first-order valence-electron chi connectivity index (χ1n) is 8.14. The summed E-state index contributed by atoms with van der Waals surface area (Å²) in [6.45, 7) is 2.79. The van der Waals surface area contributed by atoms with Gasteiger partial charge >= 0.3 is 5.97 Å². The second-order valence-electron chi connectivity index (χ2n) is 5.91. The average Bonchev–Trinajstić information content (AvgIpc) is 3.22. The van der Waals surface area contributed by atoms with Gasteiger partial charge in [-0.15, -0.1) is 0 Å². The largest absolute Gasteiger partial charge is 0.459 e. The monoisotopic (exact) mass is 353 g/mol. The lowest BCUT2D eigenvalue weighted by molar-refractivity contribution is -0.154. The van der Waals surface area contributed by atoms with Crippen molar-refractivity contribution in [3.63, 3.8) is 0 Å². The summed E-state index contributed by atoms with van der Waals surface area (Å²) in [5, 5.41) is 0.427. The van der Waals surface area contributed by atoms with Crippen LogP contribution in [0.1, 0.15) is 38.2 Å². The lowest BCUT2D eigenvalue weighted by atomic mass is 10.2. The van der Waals surface area contributed by atoms with E-state index in [1.165, 1.54) is 0 Å². The fraction of sp³-hybridized carbons (Fsp3) is 0.529. The molecule has 0 N–H and O–H groups in total. The van der Waals surface area contributed by atoms with Crippen molar-refractivity contribution < 1.29 is 23.8 Å². The summed E-state index contributed by atoms with van der Waals surface area (Å²) in [6.07, 6.45) is 2.70. The standard InChI is InChI=1S/C17H20ClNO5/c1-2-4-15(20)19-6-3-5-13(19)17(21)22-9-11-7-12(18)16-14(8-11)23-10-24-16/h7-8,13H,2-6,9-10H2,1H3/t13-/m0/s1. The molecule has 6 nitrogen and oxygen atoms in total. The topological polar surface area (TPSA) is 65.1 Å². The van der Waals surface area contributed by atoms with Crippen LogP contribution in [-0.4, -0.2) is 36.2 Å². The molecule has 1 aromatic rings. The Morgan fingerprint density at radius 1 is 1.38 bits per heavy atom. The van der Waals surface area contributed by atoms with Crippen molar-refractivity contribution in [1.82, 2.24) is 4.90 Å². The van der Waals surface area contributed by atoms with Crippen molar-refractivity contribution in [1.29, 1.82) is 0 Å². The van der Waals surface area contributed by atoms with Crippen molar-refractivity contribution in [2.24, 2.45) is 0 Å². The van der Waals surface area contributed by atoms with Crippen LogP contribution in [0.4, 0.5) is 0 Å². The number of rotatable bonds is 5. The number of amides is 1. The predicted octanol–water partition coefficient (Wildman–Crippen LogP) is 2.90. The molecule has 0 bridgehead atoms. The van der Waals surface area contributed by atoms with E-state index in [2.05, 4.69) is 0 Å². The summed E-state index contributed by atoms with van der Waals surface area (Å²) < 4.78 is 15.9. The molecule has 0 saturated carbocycles. The minimum absolute atomic E-state index is 0.0167. The molecule has 24 heavy (non-hydrogen) atoms. The Morgan fingerprint density at radius 3 is 3.00 bits per heavy atom. The van der Waals surface area contributed by atoms with Gasteiger partial charge in [-0.05, 0) is 37.0 Å². The smallest absolute Gasteiger partial charge is 0.329 e. The molecule has 0 aromatic heterocycles. The number of hydrogen-bond acceptors (Lipinski definition) is 5. The van der Waals surface area contributed by atoms with Crippen LogP contribution in [0.15, 0.2) is 12.1 Å². The van der Waals surface area contributed by atoms with E-state index in [0.717, 1.165) is 18.4 Å². The molecule has 2 aliphatic heterocycles. The molecule has 0 unspecified atom stereocenters. The lowest BCUT2D eigenvalue weighted by Gasteiger charge is -2.23. The number of carbonyl (C=O) groups is 2. The maximum absolute atomic E-state index is 12.4. The highest BCUT2D eigenvalue weighted by Gasteiger charge is 2.34. The molecule has 3 rings (SSSR count). The minimum atomic E-state index is -0.478. The van der Waals surface area contributed by atoms with Gasteiger partial charge in [0.2, 0.25) is 12.7 Å². The van der Waals surface area contributed by atoms with E-state index < -0.39 is 6.04 Å². The fourth-order valence-corrected chi connectivity index (χ4v) is 3.31. The third-order valence-corrected chi connectivity index (χ3v) is 4.46. The van der Waals surface area contributed by atoms with Gasteiger partial charge in [0.1, 0.15) is 12.6 Å². The summed E-state index contributed by atoms with van der Waals surface area (Å²) in [5.74, 6) is 0.710. The summed E-state index contributed by atoms with van der Waals surface area (Å²) in [4.78, 5) is 26.1. The molecule has 0 radical (unpaired) electrons. The van der Waals surface area contributed by atoms with Gasteiger partial charge < -0.3 is 19.1 Å². The highest BCUT2D eigenvalue weighted by Crippen LogP contribution is 2.40. The number of likely N-dealkylation sites (tertiary alicyclic amines) is 1. The lowest BCUT2D eigenvalue weighted by Crippen LogP contribution is -2.41. The van der Waals surface area contributed by atoms with E-state index in [4.69, 9.17) is 25.8 Å². The van der Waals surface area contributed by atoms with Gasteiger partial charge in [0.05, 0.1) is 5.02 Å². The van der Waals surface area contributed by atoms with Crippen LogP contribution in [0.3, 0.4) is 0 Å². The number of carbonyl (C=O) groups excluding carboxylic acids is 2. The van der Waals surface area contributed by atoms with Gasteiger partial charge in [-0.25, -0.2) is 4.79 Å². The Morgan fingerprint density at radius 2 is 2.21 bits per heavy atom. The Labute approximate surface area is 145 Å². The third-order valence-electron chi connectivity index (χ3n) is 4.18. The van der Waals surface area contributed by atoms with Gasteiger partial charge in [0.15, 0.2) is 11.5 Å². The Bertz CT molecular complexity index is 648. The molecule has 2 heterocycles. The molecule has 1 fully saturated rings. The molecular formula is C17H20ClNO5. The van der Waals surface area contributed by atoms with E-state index >= 15 is 0 Å². The van der Waals surface area contributed by atoms with Gasteiger partial charge in [0, 0.05) is 13.0 Å². The third kappa shape index (κ3) is 3.43. The summed E-state index contributed by atoms with van der Waals surface area (Å²) in [6, 6.07) is 2.96. The molecule has 1 saturated heterocycles. The fourth-order valence-electron chi connectivity index (χ4n) is 3.02. The first-order chi connectivity index (χ1) is 11.6. The van der Waals surface area contributed by atoms with Crippen molar-refractivity contribution in [2.75, 3.05) is 13.3 Å². The zero-order valence-corrected chi connectivity index (χ0v) is 14.3. The maximum Gasteiger partial charge on any atom is 0.329 e. The van der Waals surface area contributed by atoms with E-state index in [1.54, 1.807) is 17.0 Å². The van der Waals surface area contributed by atoms with E-state index in [0.29, 0.717) is 35.9 Å². The zero-order valence-electron chi connectivity index (χ0n) is 13.5. The van der Waals surface area contributed by atoms with E-state index in [1.807, 2.05) is 6.92 Å². The van der Waals surface area contributed by atoms with Gasteiger partial charge in [-0.2, -0.15) is 0 Å². The Kier molecular flexibility index (Phi) is 5.14. The van der Waals surface area contributed by atoms with Crippen LogP contribution in [-0.2, 0) is 20.9 Å². The zero-order chi connectivity index (χ0) is 17.1. The normalized spacial score (nSPS) is 18.8. The van der Waals surface area contributed by atoms with Crippen LogP contribution in [0, 0.1) is 0 Å². The second kappa shape index (κ2) is 7.30. The Balaban J connectivity index is 1.61. The molecule has 1 amide bonds. The molecule has 7 heteroatoms. The van der Waals surface area contributed by atoms with Crippen LogP contribution < -0.4 is 9.47 Å². The molecule has 0 aliphatic carbocycles. The van der Waals surface area contributed by atoms with Crippen LogP contribution >= 0.6 is 11.6 Å². The maximum atomic E-state index is 12.4. The predicted molar refractivity (Wildman–Crippen MR) is 87.0 cm³/mol. The van der Waals surface area contributed by atoms with E-state index in [9.17, 15) is 9.59 Å². The van der Waals surface area contributed by atoms with Crippen LogP contribution in [0.25, 0.3) is 0 Å². The number of ether oxygens (including phenoxy) is 3. The van der Waals surface area contributed by atoms with Crippen molar-refractivity contribution in [3.05, 3.63) is 22.7 Å². The average molecular weight is 354 g/mol. The molecule has 1 aromatic carbocycles. The van der Waals surface area contributed by atoms with Gasteiger partial charge in [-0.1, -0.05) is 18.5 Å².